The predicted octanol–water partition coefficient (Wildman–Crippen LogP) is 5.59. The Labute approximate surface area is 108 Å². The number of fused-ring (bicyclic) bond motifs is 1. The fourth-order valence-corrected chi connectivity index (χ4v) is 4.83. The van der Waals surface area contributed by atoms with Crippen LogP contribution in [0.15, 0.2) is 12.2 Å². The summed E-state index contributed by atoms with van der Waals surface area (Å²) in [5.41, 5.74) is 2.17. The van der Waals surface area contributed by atoms with Gasteiger partial charge in [-0.15, -0.1) is 0 Å². The first-order valence-corrected chi connectivity index (χ1v) is 7.77. The molecule has 2 fully saturated rings. The molecule has 0 saturated heterocycles. The smallest absolute Gasteiger partial charge is 0.0149 e. The summed E-state index contributed by atoms with van der Waals surface area (Å²) >= 11 is 0. The van der Waals surface area contributed by atoms with Gasteiger partial charge in [0.05, 0.1) is 0 Å². The van der Waals surface area contributed by atoms with Crippen molar-refractivity contribution in [3.8, 4) is 0 Å². The first-order chi connectivity index (χ1) is 8.09. The van der Waals surface area contributed by atoms with Crippen LogP contribution < -0.4 is 0 Å². The van der Waals surface area contributed by atoms with Crippen LogP contribution in [0.4, 0.5) is 0 Å². The van der Waals surface area contributed by atoms with Gasteiger partial charge in [0.25, 0.3) is 0 Å². The molecule has 98 valence electrons. The third kappa shape index (κ3) is 2.33. The highest BCUT2D eigenvalue weighted by Crippen LogP contribution is 2.59. The molecule has 2 aliphatic rings. The molecule has 0 heteroatoms. The normalized spacial score (nSPS) is 39.1. The van der Waals surface area contributed by atoms with E-state index < -0.39 is 0 Å². The Morgan fingerprint density at radius 2 is 2.18 bits per heavy atom. The molecule has 0 aromatic carbocycles. The third-order valence-electron chi connectivity index (χ3n) is 5.82. The molecule has 2 saturated carbocycles. The first kappa shape index (κ1) is 13.2. The monoisotopic (exact) mass is 234 g/mol. The second-order valence-electron chi connectivity index (χ2n) is 6.87. The molecule has 2 aliphatic carbocycles. The first-order valence-electron chi connectivity index (χ1n) is 7.77. The van der Waals surface area contributed by atoms with Gasteiger partial charge in [-0.1, -0.05) is 52.2 Å². The van der Waals surface area contributed by atoms with Gasteiger partial charge in [0.15, 0.2) is 0 Å². The Kier molecular flexibility index (Phi) is 4.00. The lowest BCUT2D eigenvalue weighted by Crippen LogP contribution is -2.35. The summed E-state index contributed by atoms with van der Waals surface area (Å²) in [5.74, 6) is 2.75. The van der Waals surface area contributed by atoms with E-state index in [1.54, 1.807) is 5.57 Å². The molecule has 0 spiro atoms. The maximum atomic E-state index is 4.36. The number of unbranched alkanes of at least 4 members (excludes halogenated alkanes) is 1. The average molecular weight is 234 g/mol. The molecule has 0 bridgehead atoms. The van der Waals surface area contributed by atoms with Crippen LogP contribution in [-0.4, -0.2) is 0 Å². The molecule has 0 amide bonds. The number of hydrogen-bond donors (Lipinski definition) is 0. The highest BCUT2D eigenvalue weighted by molar-refractivity contribution is 5.15. The van der Waals surface area contributed by atoms with E-state index >= 15 is 0 Å². The van der Waals surface area contributed by atoms with E-state index in [9.17, 15) is 0 Å². The van der Waals surface area contributed by atoms with Gasteiger partial charge in [-0.05, 0) is 55.3 Å². The SMILES string of the molecule is C=C1CCC[C@@]2(C)C1CCC2[C@@H](C)CCCC. The van der Waals surface area contributed by atoms with Gasteiger partial charge < -0.3 is 0 Å². The Morgan fingerprint density at radius 1 is 1.41 bits per heavy atom. The molecule has 2 rings (SSSR count). The van der Waals surface area contributed by atoms with Gasteiger partial charge >= 0.3 is 0 Å². The van der Waals surface area contributed by atoms with Crippen molar-refractivity contribution in [1.29, 1.82) is 0 Å². The molecule has 4 atom stereocenters. The minimum Gasteiger partial charge on any atom is -0.0996 e. The van der Waals surface area contributed by atoms with Crippen LogP contribution in [0.2, 0.25) is 0 Å². The fourth-order valence-electron chi connectivity index (χ4n) is 4.83. The van der Waals surface area contributed by atoms with Crippen molar-refractivity contribution in [2.75, 3.05) is 0 Å². The van der Waals surface area contributed by atoms with Crippen molar-refractivity contribution in [2.45, 2.75) is 72.1 Å². The number of rotatable bonds is 4. The van der Waals surface area contributed by atoms with E-state index in [0.717, 1.165) is 17.8 Å². The predicted molar refractivity (Wildman–Crippen MR) is 76.0 cm³/mol. The van der Waals surface area contributed by atoms with Crippen LogP contribution in [0.5, 0.6) is 0 Å². The quantitative estimate of drug-likeness (QED) is 0.557. The van der Waals surface area contributed by atoms with Crippen LogP contribution >= 0.6 is 0 Å². The van der Waals surface area contributed by atoms with Crippen molar-refractivity contribution >= 4 is 0 Å². The molecule has 0 aromatic heterocycles. The maximum absolute atomic E-state index is 4.36. The number of hydrogen-bond acceptors (Lipinski definition) is 0. The zero-order valence-electron chi connectivity index (χ0n) is 12.1. The van der Waals surface area contributed by atoms with Gasteiger partial charge in [-0.3, -0.25) is 0 Å². The summed E-state index contributed by atoms with van der Waals surface area (Å²) in [6.45, 7) is 11.7. The van der Waals surface area contributed by atoms with Crippen molar-refractivity contribution in [1.82, 2.24) is 0 Å². The van der Waals surface area contributed by atoms with Gasteiger partial charge in [0.1, 0.15) is 0 Å². The van der Waals surface area contributed by atoms with Crippen LogP contribution in [0.1, 0.15) is 72.1 Å². The van der Waals surface area contributed by atoms with E-state index in [2.05, 4.69) is 27.4 Å². The molecular formula is C17H30. The fraction of sp³-hybridized carbons (Fsp3) is 0.882. The molecule has 0 nitrogen and oxygen atoms in total. The Balaban J connectivity index is 2.07. The molecule has 0 radical (unpaired) electrons. The second-order valence-corrected chi connectivity index (χ2v) is 6.87. The van der Waals surface area contributed by atoms with Crippen LogP contribution in [0, 0.1) is 23.2 Å². The molecule has 2 unspecified atom stereocenters. The van der Waals surface area contributed by atoms with Crippen LogP contribution in [0.3, 0.4) is 0 Å². The molecule has 17 heavy (non-hydrogen) atoms. The summed E-state index contributed by atoms with van der Waals surface area (Å²) in [6.07, 6.45) is 11.2. The summed E-state index contributed by atoms with van der Waals surface area (Å²) < 4.78 is 0. The lowest BCUT2D eigenvalue weighted by molar-refractivity contribution is 0.0937. The largest absolute Gasteiger partial charge is 0.0996 e. The van der Waals surface area contributed by atoms with Gasteiger partial charge in [-0.2, -0.15) is 0 Å². The van der Waals surface area contributed by atoms with E-state index in [1.807, 2.05) is 0 Å². The third-order valence-corrected chi connectivity index (χ3v) is 5.82. The Morgan fingerprint density at radius 3 is 2.88 bits per heavy atom. The minimum atomic E-state index is 0.600. The summed E-state index contributed by atoms with van der Waals surface area (Å²) in [6, 6.07) is 0. The highest BCUT2D eigenvalue weighted by atomic mass is 14.5. The van der Waals surface area contributed by atoms with Gasteiger partial charge in [-0.25, -0.2) is 0 Å². The van der Waals surface area contributed by atoms with Gasteiger partial charge in [0.2, 0.25) is 0 Å². The van der Waals surface area contributed by atoms with Crippen LogP contribution in [-0.2, 0) is 0 Å². The summed E-state index contributed by atoms with van der Waals surface area (Å²) in [5, 5.41) is 0. The lowest BCUT2D eigenvalue weighted by atomic mass is 9.61. The average Bonchev–Trinajstić information content (AvgIpc) is 2.64. The molecule has 0 heterocycles. The van der Waals surface area contributed by atoms with E-state index in [0.29, 0.717) is 5.41 Å². The zero-order valence-corrected chi connectivity index (χ0v) is 12.1. The highest BCUT2D eigenvalue weighted by Gasteiger charge is 2.49. The molecule has 0 aromatic rings. The van der Waals surface area contributed by atoms with Crippen molar-refractivity contribution in [2.24, 2.45) is 23.2 Å². The Hall–Kier alpha value is -0.260. The topological polar surface area (TPSA) is 0 Å². The lowest BCUT2D eigenvalue weighted by Gasteiger charge is -2.44. The number of allylic oxidation sites excluding steroid dienone is 1. The molecule has 0 aliphatic heterocycles. The summed E-state index contributed by atoms with van der Waals surface area (Å²) in [7, 11) is 0. The zero-order chi connectivity index (χ0) is 12.5. The van der Waals surface area contributed by atoms with E-state index in [4.69, 9.17) is 0 Å². The standard InChI is InChI=1S/C17H30/c1-5-6-8-13(2)15-10-11-16-14(3)9-7-12-17(15,16)4/h13,15-16H,3,5-12H2,1-2,4H3/t13-,15?,16?,17+/m0/s1. The Bertz CT molecular complexity index is 278. The van der Waals surface area contributed by atoms with Crippen molar-refractivity contribution in [3.63, 3.8) is 0 Å². The molecular weight excluding hydrogens is 204 g/mol. The van der Waals surface area contributed by atoms with Crippen molar-refractivity contribution < 1.29 is 0 Å². The van der Waals surface area contributed by atoms with Gasteiger partial charge in [0, 0.05) is 0 Å². The van der Waals surface area contributed by atoms with Crippen molar-refractivity contribution in [3.05, 3.63) is 12.2 Å². The van der Waals surface area contributed by atoms with E-state index in [-0.39, 0.29) is 0 Å². The maximum Gasteiger partial charge on any atom is -0.0149 e. The molecule has 0 N–H and O–H groups in total. The second kappa shape index (κ2) is 5.16. The minimum absolute atomic E-state index is 0.600. The summed E-state index contributed by atoms with van der Waals surface area (Å²) in [4.78, 5) is 0. The van der Waals surface area contributed by atoms with Crippen LogP contribution in [0.25, 0.3) is 0 Å². The van der Waals surface area contributed by atoms with E-state index in [1.165, 1.54) is 51.4 Å².